The number of nitrogens with two attached hydrogens (primary N) is 2. The lowest BCUT2D eigenvalue weighted by Crippen LogP contribution is -2.25. The number of rotatable bonds is 2. The third kappa shape index (κ3) is 2.10. The average Bonchev–Trinajstić information content (AvgIpc) is 2.80. The van der Waals surface area contributed by atoms with E-state index in [0.29, 0.717) is 0 Å². The Morgan fingerprint density at radius 2 is 2.00 bits per heavy atom. The van der Waals surface area contributed by atoms with Crippen LogP contribution >= 0.6 is 0 Å². The molecule has 1 aliphatic rings. The Bertz CT molecular complexity index is 516. The van der Waals surface area contributed by atoms with Crippen molar-refractivity contribution in [1.29, 1.82) is 0 Å². The van der Waals surface area contributed by atoms with Gasteiger partial charge in [-0.2, -0.15) is 4.99 Å². The number of guanidine groups is 1. The second kappa shape index (κ2) is 4.12. The molecule has 4 N–H and O–H groups in total. The van der Waals surface area contributed by atoms with Gasteiger partial charge in [0.1, 0.15) is 0 Å². The Balaban J connectivity index is 2.26. The summed E-state index contributed by atoms with van der Waals surface area (Å²) in [6.45, 7) is 6.20. The Morgan fingerprint density at radius 1 is 1.33 bits per heavy atom. The summed E-state index contributed by atoms with van der Waals surface area (Å²) in [4.78, 5) is 15.6. The van der Waals surface area contributed by atoms with Crippen LogP contribution in [-0.4, -0.2) is 11.9 Å². The topological polar surface area (TPSA) is 81.5 Å². The van der Waals surface area contributed by atoms with Gasteiger partial charge in [-0.15, -0.1) is 0 Å². The number of hydrogen-bond acceptors (Lipinski definition) is 1. The number of carbonyl (C=O) groups is 1. The smallest absolute Gasteiger partial charge is 0.253 e. The fourth-order valence-corrected chi connectivity index (χ4v) is 2.78. The highest BCUT2D eigenvalue weighted by molar-refractivity contribution is 5.95. The van der Waals surface area contributed by atoms with E-state index in [2.05, 4.69) is 31.0 Å². The SMILES string of the molecule is Cc1cccc(C2C(C(=O)N=C(N)N)C2(C)C)c1. The van der Waals surface area contributed by atoms with Crippen LogP contribution in [0, 0.1) is 18.3 Å². The molecule has 4 nitrogen and oxygen atoms in total. The monoisotopic (exact) mass is 245 g/mol. The zero-order chi connectivity index (χ0) is 13.5. The number of aryl methyl sites for hydroxylation is 1. The minimum atomic E-state index is -0.216. The van der Waals surface area contributed by atoms with Gasteiger partial charge in [0.05, 0.1) is 5.92 Å². The summed E-state index contributed by atoms with van der Waals surface area (Å²) >= 11 is 0. The summed E-state index contributed by atoms with van der Waals surface area (Å²) in [7, 11) is 0. The molecule has 0 aliphatic heterocycles. The van der Waals surface area contributed by atoms with Crippen molar-refractivity contribution in [2.45, 2.75) is 26.7 Å². The summed E-state index contributed by atoms with van der Waals surface area (Å²) in [5.41, 5.74) is 12.8. The van der Waals surface area contributed by atoms with Crippen molar-refractivity contribution in [1.82, 2.24) is 0 Å². The van der Waals surface area contributed by atoms with Crippen LogP contribution in [0.15, 0.2) is 29.3 Å². The molecule has 0 bridgehead atoms. The molecular formula is C14H19N3O. The zero-order valence-corrected chi connectivity index (χ0v) is 11.0. The summed E-state index contributed by atoms with van der Waals surface area (Å²) < 4.78 is 0. The number of benzene rings is 1. The third-order valence-corrected chi connectivity index (χ3v) is 3.73. The molecule has 96 valence electrons. The van der Waals surface area contributed by atoms with E-state index in [4.69, 9.17) is 11.5 Å². The van der Waals surface area contributed by atoms with E-state index < -0.39 is 0 Å². The Morgan fingerprint density at radius 3 is 2.56 bits per heavy atom. The van der Waals surface area contributed by atoms with Gasteiger partial charge in [0.2, 0.25) is 0 Å². The van der Waals surface area contributed by atoms with Crippen LogP contribution in [-0.2, 0) is 4.79 Å². The predicted octanol–water partition coefficient (Wildman–Crippen LogP) is 1.53. The first-order chi connectivity index (χ1) is 8.34. The van der Waals surface area contributed by atoms with Crippen molar-refractivity contribution in [2.24, 2.45) is 27.8 Å². The van der Waals surface area contributed by atoms with Crippen LogP contribution in [0.1, 0.15) is 30.9 Å². The minimum absolute atomic E-state index is 0.0795. The standard InChI is InChI=1S/C14H19N3O/c1-8-5-4-6-9(7-8)10-11(14(10,2)3)12(18)17-13(15)16/h4-7,10-11H,1-3H3,(H4,15,16,17,18). The van der Waals surface area contributed by atoms with Gasteiger partial charge in [-0.3, -0.25) is 4.79 Å². The molecule has 0 spiro atoms. The molecule has 1 fully saturated rings. The highest BCUT2D eigenvalue weighted by Crippen LogP contribution is 2.64. The predicted molar refractivity (Wildman–Crippen MR) is 72.0 cm³/mol. The van der Waals surface area contributed by atoms with Gasteiger partial charge in [-0.1, -0.05) is 43.7 Å². The molecule has 4 heteroatoms. The lowest BCUT2D eigenvalue weighted by molar-refractivity contribution is -0.119. The van der Waals surface area contributed by atoms with Crippen molar-refractivity contribution < 1.29 is 4.79 Å². The van der Waals surface area contributed by atoms with E-state index in [1.807, 2.05) is 19.1 Å². The molecule has 18 heavy (non-hydrogen) atoms. The fourth-order valence-electron chi connectivity index (χ4n) is 2.78. The van der Waals surface area contributed by atoms with Gasteiger partial charge in [-0.05, 0) is 17.9 Å². The number of carbonyl (C=O) groups excluding carboxylic acids is 1. The normalized spacial score (nSPS) is 24.4. The third-order valence-electron chi connectivity index (χ3n) is 3.73. The molecule has 1 amide bonds. The summed E-state index contributed by atoms with van der Waals surface area (Å²) in [5.74, 6) is -0.299. The molecule has 0 saturated heterocycles. The van der Waals surface area contributed by atoms with E-state index in [1.165, 1.54) is 11.1 Å². The highest BCUT2D eigenvalue weighted by atomic mass is 16.1. The van der Waals surface area contributed by atoms with Crippen molar-refractivity contribution >= 4 is 11.9 Å². The molecule has 1 saturated carbocycles. The Kier molecular flexibility index (Phi) is 2.89. The summed E-state index contributed by atoms with van der Waals surface area (Å²) in [6.07, 6.45) is 0. The van der Waals surface area contributed by atoms with Crippen LogP contribution < -0.4 is 11.5 Å². The molecule has 1 aromatic carbocycles. The number of amides is 1. The quantitative estimate of drug-likeness (QED) is 0.612. The maximum atomic E-state index is 12.0. The lowest BCUT2D eigenvalue weighted by Gasteiger charge is -2.03. The van der Waals surface area contributed by atoms with Crippen molar-refractivity contribution in [3.05, 3.63) is 35.4 Å². The van der Waals surface area contributed by atoms with Gasteiger partial charge < -0.3 is 11.5 Å². The van der Waals surface area contributed by atoms with Crippen LogP contribution in [0.5, 0.6) is 0 Å². The Hall–Kier alpha value is -1.84. The summed E-state index contributed by atoms with van der Waals surface area (Å²) in [5, 5.41) is 0. The first-order valence-corrected chi connectivity index (χ1v) is 6.04. The fraction of sp³-hybridized carbons (Fsp3) is 0.429. The molecule has 0 heterocycles. The average molecular weight is 245 g/mol. The largest absolute Gasteiger partial charge is 0.370 e. The van der Waals surface area contributed by atoms with Gasteiger partial charge >= 0.3 is 0 Å². The maximum absolute atomic E-state index is 12.0. The number of hydrogen-bond donors (Lipinski definition) is 2. The van der Waals surface area contributed by atoms with Gasteiger partial charge in [0.25, 0.3) is 5.91 Å². The molecule has 1 aromatic rings. The second-order valence-corrected chi connectivity index (χ2v) is 5.57. The molecular weight excluding hydrogens is 226 g/mol. The van der Waals surface area contributed by atoms with Crippen LogP contribution in [0.3, 0.4) is 0 Å². The zero-order valence-electron chi connectivity index (χ0n) is 11.0. The molecule has 2 atom stereocenters. The van der Waals surface area contributed by atoms with E-state index in [0.717, 1.165) is 0 Å². The molecule has 0 aromatic heterocycles. The lowest BCUT2D eigenvalue weighted by atomic mass is 10.0. The second-order valence-electron chi connectivity index (χ2n) is 5.57. The van der Waals surface area contributed by atoms with Gasteiger partial charge in [-0.25, -0.2) is 0 Å². The van der Waals surface area contributed by atoms with E-state index in [9.17, 15) is 4.79 Å². The van der Waals surface area contributed by atoms with Crippen molar-refractivity contribution in [2.75, 3.05) is 0 Å². The van der Waals surface area contributed by atoms with Crippen molar-refractivity contribution in [3.8, 4) is 0 Å². The number of nitrogens with zero attached hydrogens (tertiary/aromatic N) is 1. The molecule has 2 unspecified atom stereocenters. The van der Waals surface area contributed by atoms with Gasteiger partial charge in [0.15, 0.2) is 5.96 Å². The molecule has 2 rings (SSSR count). The van der Waals surface area contributed by atoms with E-state index >= 15 is 0 Å². The number of aliphatic imine (C=N–C) groups is 1. The van der Waals surface area contributed by atoms with E-state index in [1.54, 1.807) is 0 Å². The van der Waals surface area contributed by atoms with E-state index in [-0.39, 0.29) is 29.1 Å². The van der Waals surface area contributed by atoms with Crippen LogP contribution in [0.4, 0.5) is 0 Å². The first-order valence-electron chi connectivity index (χ1n) is 6.04. The highest BCUT2D eigenvalue weighted by Gasteiger charge is 2.62. The van der Waals surface area contributed by atoms with Crippen LogP contribution in [0.25, 0.3) is 0 Å². The molecule has 0 radical (unpaired) electrons. The maximum Gasteiger partial charge on any atom is 0.253 e. The van der Waals surface area contributed by atoms with Gasteiger partial charge in [0, 0.05) is 5.92 Å². The van der Waals surface area contributed by atoms with Crippen LogP contribution in [0.2, 0.25) is 0 Å². The minimum Gasteiger partial charge on any atom is -0.370 e. The Labute approximate surface area is 107 Å². The first kappa shape index (κ1) is 12.6. The van der Waals surface area contributed by atoms with Crippen molar-refractivity contribution in [3.63, 3.8) is 0 Å². The summed E-state index contributed by atoms with van der Waals surface area (Å²) in [6, 6.07) is 8.24. The molecule has 1 aliphatic carbocycles.